The first-order valence-corrected chi connectivity index (χ1v) is 35.3. The van der Waals surface area contributed by atoms with Crippen molar-refractivity contribution >= 4 is 11.9 Å². The van der Waals surface area contributed by atoms with Gasteiger partial charge in [0, 0.05) is 12.8 Å². The predicted octanol–water partition coefficient (Wildman–Crippen LogP) is 22.7. The van der Waals surface area contributed by atoms with Gasteiger partial charge in [-0.3, -0.25) is 9.59 Å². The van der Waals surface area contributed by atoms with Gasteiger partial charge in [-0.15, -0.1) is 0 Å². The number of hydrogen-bond donors (Lipinski definition) is 3. The maximum absolute atomic E-state index is 12.5. The number of rotatable bonds is 66. The van der Waals surface area contributed by atoms with E-state index in [1.165, 1.54) is 302 Å². The molecule has 3 N–H and O–H groups in total. The molecule has 0 fully saturated rings. The Bertz CT molecular complexity index is 1260. The summed E-state index contributed by atoms with van der Waals surface area (Å²) < 4.78 is 5.49. The SMILES string of the molecule is CCCCCCCCCCCCCCCCCCCCCCCC/C=C/C(O)C(CO)NC(=O)CCCCCCCCC/C=C\C/C=C\CCCCCCCCCCCOC(=O)CCCCCCCCCCCCCCCC. The van der Waals surface area contributed by atoms with E-state index in [0.29, 0.717) is 19.4 Å². The second-order valence-corrected chi connectivity index (χ2v) is 24.2. The van der Waals surface area contributed by atoms with Crippen molar-refractivity contribution in [1.29, 1.82) is 0 Å². The summed E-state index contributed by atoms with van der Waals surface area (Å²) in [5.41, 5.74) is 0. The van der Waals surface area contributed by atoms with Crippen LogP contribution in [0.5, 0.6) is 0 Å². The Balaban J connectivity index is 3.47. The van der Waals surface area contributed by atoms with E-state index in [0.717, 1.165) is 57.8 Å². The molecule has 0 aromatic carbocycles. The summed E-state index contributed by atoms with van der Waals surface area (Å²) in [7, 11) is 0. The van der Waals surface area contributed by atoms with E-state index in [4.69, 9.17) is 4.74 Å². The third kappa shape index (κ3) is 63.3. The summed E-state index contributed by atoms with van der Waals surface area (Å²) in [5.74, 6) is -0.0653. The van der Waals surface area contributed by atoms with Crippen molar-refractivity contribution in [3.05, 3.63) is 36.5 Å². The number of hydrogen-bond acceptors (Lipinski definition) is 5. The monoisotopic (exact) mass is 1100 g/mol. The van der Waals surface area contributed by atoms with Gasteiger partial charge in [-0.05, 0) is 64.2 Å². The zero-order valence-electron chi connectivity index (χ0n) is 52.7. The van der Waals surface area contributed by atoms with Crippen LogP contribution in [0.3, 0.4) is 0 Å². The third-order valence-corrected chi connectivity index (χ3v) is 16.4. The molecule has 0 aliphatic rings. The largest absolute Gasteiger partial charge is 0.466 e. The average molecular weight is 1100 g/mol. The molecule has 0 aromatic heterocycles. The van der Waals surface area contributed by atoms with Gasteiger partial charge < -0.3 is 20.3 Å². The minimum absolute atomic E-state index is 0.00934. The van der Waals surface area contributed by atoms with E-state index in [2.05, 4.69) is 43.5 Å². The predicted molar refractivity (Wildman–Crippen MR) is 343 cm³/mol. The lowest BCUT2D eigenvalue weighted by Crippen LogP contribution is -2.45. The molecule has 0 saturated carbocycles. The zero-order valence-corrected chi connectivity index (χ0v) is 52.7. The number of allylic oxidation sites excluding steroid dienone is 5. The first-order chi connectivity index (χ1) is 38.5. The molecule has 0 radical (unpaired) electrons. The number of unbranched alkanes of at least 4 members (excludes halogenated alkanes) is 51. The Labute approximate surface area is 487 Å². The van der Waals surface area contributed by atoms with Gasteiger partial charge in [-0.25, -0.2) is 0 Å². The van der Waals surface area contributed by atoms with Crippen molar-refractivity contribution in [3.63, 3.8) is 0 Å². The molecule has 0 heterocycles. The molecule has 6 nitrogen and oxygen atoms in total. The van der Waals surface area contributed by atoms with E-state index in [1.54, 1.807) is 6.08 Å². The number of aliphatic hydroxyl groups excluding tert-OH is 2. The van der Waals surface area contributed by atoms with Gasteiger partial charge >= 0.3 is 5.97 Å². The van der Waals surface area contributed by atoms with Crippen LogP contribution in [0.2, 0.25) is 0 Å². The fourth-order valence-electron chi connectivity index (χ4n) is 11.0. The maximum atomic E-state index is 12.5. The Morgan fingerprint density at radius 3 is 0.974 bits per heavy atom. The number of aliphatic hydroxyl groups is 2. The Kier molecular flexibility index (Phi) is 65.9. The molecule has 0 spiro atoms. The van der Waals surface area contributed by atoms with Crippen molar-refractivity contribution < 1.29 is 24.5 Å². The van der Waals surface area contributed by atoms with Crippen LogP contribution in [-0.2, 0) is 14.3 Å². The molecular weight excluding hydrogens is 959 g/mol. The standard InChI is InChI=1S/C72H137NO5/c1-3-5-7-9-11-13-15-17-19-20-21-22-23-25-28-31-34-37-40-44-48-52-56-60-64-70(75)69(68-74)73-71(76)65-61-57-53-49-45-41-38-35-32-29-26-24-27-30-33-36-39-43-47-51-55-59-63-67-78-72(77)66-62-58-54-50-46-42-18-16-14-12-10-8-6-4-2/h24,27,29,32,60,64,69-70,74-75H,3-23,25-26,28,30-31,33-59,61-63,65-68H2,1-2H3,(H,73,76)/b27-24-,32-29-,64-60+. The molecule has 0 aromatic rings. The van der Waals surface area contributed by atoms with Crippen LogP contribution >= 0.6 is 0 Å². The molecule has 0 saturated heterocycles. The van der Waals surface area contributed by atoms with Gasteiger partial charge in [0.15, 0.2) is 0 Å². The maximum Gasteiger partial charge on any atom is 0.305 e. The minimum Gasteiger partial charge on any atom is -0.466 e. The van der Waals surface area contributed by atoms with Crippen molar-refractivity contribution in [2.75, 3.05) is 13.2 Å². The van der Waals surface area contributed by atoms with Gasteiger partial charge in [0.1, 0.15) is 0 Å². The zero-order chi connectivity index (χ0) is 56.4. The highest BCUT2D eigenvalue weighted by Crippen LogP contribution is 2.18. The number of carbonyl (C=O) groups is 2. The van der Waals surface area contributed by atoms with Gasteiger partial charge in [-0.2, -0.15) is 0 Å². The average Bonchev–Trinajstić information content (AvgIpc) is 3.44. The van der Waals surface area contributed by atoms with E-state index in [-0.39, 0.29) is 18.5 Å². The highest BCUT2D eigenvalue weighted by molar-refractivity contribution is 5.76. The summed E-state index contributed by atoms with van der Waals surface area (Å²) in [4.78, 5) is 24.6. The van der Waals surface area contributed by atoms with E-state index in [1.807, 2.05) is 6.08 Å². The molecule has 2 unspecified atom stereocenters. The molecule has 0 rings (SSSR count). The number of amides is 1. The highest BCUT2D eigenvalue weighted by Gasteiger charge is 2.18. The van der Waals surface area contributed by atoms with Gasteiger partial charge in [0.2, 0.25) is 5.91 Å². The lowest BCUT2D eigenvalue weighted by atomic mass is 10.0. The lowest BCUT2D eigenvalue weighted by molar-refractivity contribution is -0.143. The molecule has 0 aliphatic heterocycles. The molecule has 6 heteroatoms. The summed E-state index contributed by atoms with van der Waals surface area (Å²) in [6, 6.07) is -0.637. The molecule has 78 heavy (non-hydrogen) atoms. The Morgan fingerprint density at radius 2 is 0.641 bits per heavy atom. The second kappa shape index (κ2) is 67.6. The summed E-state index contributed by atoms with van der Waals surface area (Å²) in [6.45, 7) is 4.93. The first kappa shape index (κ1) is 76.1. The molecule has 1 amide bonds. The Hall–Kier alpha value is -1.92. The fraction of sp³-hybridized carbons (Fsp3) is 0.889. The van der Waals surface area contributed by atoms with Crippen molar-refractivity contribution in [1.82, 2.24) is 5.32 Å². The smallest absolute Gasteiger partial charge is 0.305 e. The van der Waals surface area contributed by atoms with Crippen LogP contribution in [0.1, 0.15) is 386 Å². The van der Waals surface area contributed by atoms with Crippen LogP contribution < -0.4 is 5.32 Å². The van der Waals surface area contributed by atoms with Crippen LogP contribution in [0, 0.1) is 0 Å². The Morgan fingerprint density at radius 1 is 0.359 bits per heavy atom. The lowest BCUT2D eigenvalue weighted by Gasteiger charge is -2.20. The van der Waals surface area contributed by atoms with Crippen molar-refractivity contribution in [2.45, 2.75) is 398 Å². The number of carbonyl (C=O) groups excluding carboxylic acids is 2. The topological polar surface area (TPSA) is 95.9 Å². The second-order valence-electron chi connectivity index (χ2n) is 24.2. The van der Waals surface area contributed by atoms with E-state index in [9.17, 15) is 19.8 Å². The summed E-state index contributed by atoms with van der Waals surface area (Å²) >= 11 is 0. The number of ether oxygens (including phenoxy) is 1. The van der Waals surface area contributed by atoms with Gasteiger partial charge in [-0.1, -0.05) is 346 Å². The summed E-state index contributed by atoms with van der Waals surface area (Å²) in [6.07, 6.45) is 86.4. The van der Waals surface area contributed by atoms with Crippen molar-refractivity contribution in [2.24, 2.45) is 0 Å². The third-order valence-electron chi connectivity index (χ3n) is 16.4. The van der Waals surface area contributed by atoms with Crippen LogP contribution in [-0.4, -0.2) is 47.4 Å². The number of esters is 1. The first-order valence-electron chi connectivity index (χ1n) is 35.3. The summed E-state index contributed by atoms with van der Waals surface area (Å²) in [5, 5.41) is 23.3. The molecule has 0 aliphatic carbocycles. The van der Waals surface area contributed by atoms with Crippen molar-refractivity contribution in [3.8, 4) is 0 Å². The van der Waals surface area contributed by atoms with E-state index >= 15 is 0 Å². The van der Waals surface area contributed by atoms with Crippen LogP contribution in [0.15, 0.2) is 36.5 Å². The van der Waals surface area contributed by atoms with Crippen LogP contribution in [0.4, 0.5) is 0 Å². The quantitative estimate of drug-likeness (QED) is 0.0320. The fourth-order valence-corrected chi connectivity index (χ4v) is 11.0. The van der Waals surface area contributed by atoms with Gasteiger partial charge in [0.25, 0.3) is 0 Å². The van der Waals surface area contributed by atoms with Crippen LogP contribution in [0.25, 0.3) is 0 Å². The molecular formula is C72H137NO5. The molecule has 460 valence electrons. The van der Waals surface area contributed by atoms with Gasteiger partial charge in [0.05, 0.1) is 25.4 Å². The normalized spacial score (nSPS) is 12.7. The minimum atomic E-state index is -0.853. The molecule has 2 atom stereocenters. The highest BCUT2D eigenvalue weighted by atomic mass is 16.5. The van der Waals surface area contributed by atoms with E-state index < -0.39 is 12.1 Å². The number of nitrogens with one attached hydrogen (secondary N) is 1. The molecule has 0 bridgehead atoms.